The number of Topliss-reactive ketones (excluding diaryl/α,β-unsaturated/α-hetero) is 1. The van der Waals surface area contributed by atoms with Gasteiger partial charge in [0.25, 0.3) is 0 Å². The number of carbonyl (C=O) groups is 1. The highest BCUT2D eigenvalue weighted by Crippen LogP contribution is 2.31. The number of rotatable bonds is 3. The Hall–Kier alpha value is -1.57. The number of hydrogen-bond acceptors (Lipinski definition) is 2. The van der Waals surface area contributed by atoms with Crippen LogP contribution in [0.1, 0.15) is 37.3 Å². The van der Waals surface area contributed by atoms with Crippen molar-refractivity contribution in [2.45, 2.75) is 33.1 Å². The predicted molar refractivity (Wildman–Crippen MR) is 68.6 cm³/mol. The molecule has 0 radical (unpaired) electrons. The van der Waals surface area contributed by atoms with Crippen LogP contribution in [0.3, 0.4) is 0 Å². The van der Waals surface area contributed by atoms with Crippen LogP contribution in [0.2, 0.25) is 0 Å². The SMILES string of the molecule is CCOC1=C(c2ccc(C)cc2)CCCC1=O. The molecule has 90 valence electrons. The van der Waals surface area contributed by atoms with E-state index in [0.29, 0.717) is 18.8 Å². The molecule has 0 saturated heterocycles. The number of benzene rings is 1. The molecular weight excluding hydrogens is 212 g/mol. The Bertz CT molecular complexity index is 440. The average molecular weight is 230 g/mol. The van der Waals surface area contributed by atoms with Gasteiger partial charge in [-0.3, -0.25) is 4.79 Å². The van der Waals surface area contributed by atoms with Gasteiger partial charge in [-0.1, -0.05) is 29.8 Å². The van der Waals surface area contributed by atoms with E-state index in [0.717, 1.165) is 24.0 Å². The first kappa shape index (κ1) is 11.9. The number of allylic oxidation sites excluding steroid dienone is 2. The predicted octanol–water partition coefficient (Wildman–Crippen LogP) is 3.50. The Morgan fingerprint density at radius 2 is 1.88 bits per heavy atom. The Morgan fingerprint density at radius 1 is 1.18 bits per heavy atom. The number of ketones is 1. The van der Waals surface area contributed by atoms with Crippen molar-refractivity contribution in [2.75, 3.05) is 6.61 Å². The first-order valence-corrected chi connectivity index (χ1v) is 6.18. The molecule has 0 N–H and O–H groups in total. The summed E-state index contributed by atoms with van der Waals surface area (Å²) in [6.07, 6.45) is 2.48. The molecule has 1 aromatic carbocycles. The van der Waals surface area contributed by atoms with E-state index in [1.807, 2.05) is 6.92 Å². The molecule has 1 aromatic rings. The Labute approximate surface area is 102 Å². The van der Waals surface area contributed by atoms with Crippen LogP contribution in [0, 0.1) is 6.92 Å². The second-order valence-corrected chi connectivity index (χ2v) is 4.38. The largest absolute Gasteiger partial charge is 0.490 e. The van der Waals surface area contributed by atoms with Crippen LogP contribution in [-0.4, -0.2) is 12.4 Å². The molecule has 0 heterocycles. The van der Waals surface area contributed by atoms with Gasteiger partial charge in [0.2, 0.25) is 0 Å². The summed E-state index contributed by atoms with van der Waals surface area (Å²) >= 11 is 0. The van der Waals surface area contributed by atoms with Crippen molar-refractivity contribution < 1.29 is 9.53 Å². The quantitative estimate of drug-likeness (QED) is 0.794. The summed E-state index contributed by atoms with van der Waals surface area (Å²) < 4.78 is 5.52. The maximum atomic E-state index is 11.9. The topological polar surface area (TPSA) is 26.3 Å². The summed E-state index contributed by atoms with van der Waals surface area (Å²) in [7, 11) is 0. The zero-order chi connectivity index (χ0) is 12.3. The second-order valence-electron chi connectivity index (χ2n) is 4.38. The smallest absolute Gasteiger partial charge is 0.197 e. The van der Waals surface area contributed by atoms with Crippen LogP contribution in [0.4, 0.5) is 0 Å². The summed E-state index contributed by atoms with van der Waals surface area (Å²) in [6.45, 7) is 4.53. The number of aryl methyl sites for hydroxylation is 1. The van der Waals surface area contributed by atoms with Gasteiger partial charge in [-0.25, -0.2) is 0 Å². The van der Waals surface area contributed by atoms with E-state index in [1.54, 1.807) is 0 Å². The van der Waals surface area contributed by atoms with Gasteiger partial charge < -0.3 is 4.74 Å². The minimum absolute atomic E-state index is 0.147. The number of hydrogen-bond donors (Lipinski definition) is 0. The molecule has 0 saturated carbocycles. The molecule has 0 spiro atoms. The third-order valence-corrected chi connectivity index (χ3v) is 3.05. The lowest BCUT2D eigenvalue weighted by Crippen LogP contribution is -2.13. The molecule has 0 aliphatic heterocycles. The van der Waals surface area contributed by atoms with Crippen molar-refractivity contribution >= 4 is 11.4 Å². The monoisotopic (exact) mass is 230 g/mol. The molecular formula is C15H18O2. The minimum Gasteiger partial charge on any atom is -0.490 e. The van der Waals surface area contributed by atoms with Crippen LogP contribution >= 0.6 is 0 Å². The van der Waals surface area contributed by atoms with E-state index in [4.69, 9.17) is 4.74 Å². The molecule has 0 unspecified atom stereocenters. The van der Waals surface area contributed by atoms with E-state index in [-0.39, 0.29) is 5.78 Å². The summed E-state index contributed by atoms with van der Waals surface area (Å²) in [5, 5.41) is 0. The highest BCUT2D eigenvalue weighted by atomic mass is 16.5. The maximum Gasteiger partial charge on any atom is 0.197 e. The Kier molecular flexibility index (Phi) is 3.62. The van der Waals surface area contributed by atoms with E-state index >= 15 is 0 Å². The zero-order valence-electron chi connectivity index (χ0n) is 10.5. The zero-order valence-corrected chi connectivity index (χ0v) is 10.5. The molecule has 1 aliphatic carbocycles. The lowest BCUT2D eigenvalue weighted by Gasteiger charge is -2.19. The van der Waals surface area contributed by atoms with Crippen molar-refractivity contribution in [3.63, 3.8) is 0 Å². The molecule has 17 heavy (non-hydrogen) atoms. The van der Waals surface area contributed by atoms with Crippen LogP contribution in [-0.2, 0) is 9.53 Å². The lowest BCUT2D eigenvalue weighted by molar-refractivity contribution is -0.119. The van der Waals surface area contributed by atoms with Gasteiger partial charge >= 0.3 is 0 Å². The van der Waals surface area contributed by atoms with E-state index in [1.165, 1.54) is 5.56 Å². The van der Waals surface area contributed by atoms with E-state index in [2.05, 4.69) is 31.2 Å². The summed E-state index contributed by atoms with van der Waals surface area (Å²) in [5.41, 5.74) is 3.42. The fourth-order valence-corrected chi connectivity index (χ4v) is 2.16. The molecule has 0 amide bonds. The van der Waals surface area contributed by atoms with Crippen molar-refractivity contribution in [3.8, 4) is 0 Å². The standard InChI is InChI=1S/C15H18O2/c1-3-17-15-13(5-4-6-14(15)16)12-9-7-11(2)8-10-12/h7-10H,3-6H2,1-2H3. The maximum absolute atomic E-state index is 11.9. The molecule has 0 bridgehead atoms. The highest BCUT2D eigenvalue weighted by molar-refractivity contribution is 6.02. The van der Waals surface area contributed by atoms with E-state index < -0.39 is 0 Å². The van der Waals surface area contributed by atoms with Gasteiger partial charge in [0.15, 0.2) is 11.5 Å². The number of ether oxygens (including phenoxy) is 1. The Balaban J connectivity index is 2.41. The second kappa shape index (κ2) is 5.17. The minimum atomic E-state index is 0.147. The van der Waals surface area contributed by atoms with Crippen molar-refractivity contribution in [1.29, 1.82) is 0 Å². The van der Waals surface area contributed by atoms with Crippen molar-refractivity contribution in [3.05, 3.63) is 41.2 Å². The summed E-state index contributed by atoms with van der Waals surface area (Å²) in [4.78, 5) is 11.9. The fraction of sp³-hybridized carbons (Fsp3) is 0.400. The molecule has 2 nitrogen and oxygen atoms in total. The van der Waals surface area contributed by atoms with Gasteiger partial charge in [0, 0.05) is 12.0 Å². The third-order valence-electron chi connectivity index (χ3n) is 3.05. The molecule has 0 atom stereocenters. The first-order chi connectivity index (χ1) is 8.22. The summed E-state index contributed by atoms with van der Waals surface area (Å²) in [6, 6.07) is 8.29. The fourth-order valence-electron chi connectivity index (χ4n) is 2.16. The van der Waals surface area contributed by atoms with Gasteiger partial charge in [-0.2, -0.15) is 0 Å². The van der Waals surface area contributed by atoms with Crippen LogP contribution in [0.15, 0.2) is 30.0 Å². The summed E-state index contributed by atoms with van der Waals surface area (Å²) in [5.74, 6) is 0.733. The van der Waals surface area contributed by atoms with Gasteiger partial charge in [-0.15, -0.1) is 0 Å². The lowest BCUT2D eigenvalue weighted by atomic mass is 9.91. The van der Waals surface area contributed by atoms with Crippen LogP contribution < -0.4 is 0 Å². The molecule has 2 heteroatoms. The van der Waals surface area contributed by atoms with Crippen molar-refractivity contribution in [2.24, 2.45) is 0 Å². The average Bonchev–Trinajstić information content (AvgIpc) is 2.33. The molecule has 0 fully saturated rings. The normalized spacial score (nSPS) is 16.2. The molecule has 1 aliphatic rings. The van der Waals surface area contributed by atoms with Crippen molar-refractivity contribution in [1.82, 2.24) is 0 Å². The first-order valence-electron chi connectivity index (χ1n) is 6.18. The number of carbonyl (C=O) groups excluding carboxylic acids is 1. The molecule has 0 aromatic heterocycles. The van der Waals surface area contributed by atoms with Crippen LogP contribution in [0.5, 0.6) is 0 Å². The highest BCUT2D eigenvalue weighted by Gasteiger charge is 2.22. The van der Waals surface area contributed by atoms with Crippen LogP contribution in [0.25, 0.3) is 5.57 Å². The van der Waals surface area contributed by atoms with Gasteiger partial charge in [0.05, 0.1) is 6.61 Å². The van der Waals surface area contributed by atoms with Gasteiger partial charge in [0.1, 0.15) is 0 Å². The van der Waals surface area contributed by atoms with Gasteiger partial charge in [-0.05, 0) is 32.3 Å². The molecule has 2 rings (SSSR count). The Morgan fingerprint density at radius 3 is 2.53 bits per heavy atom. The van der Waals surface area contributed by atoms with E-state index in [9.17, 15) is 4.79 Å². The third kappa shape index (κ3) is 2.57.